The van der Waals surface area contributed by atoms with Crippen LogP contribution in [0.5, 0.6) is 0 Å². The third-order valence-electron chi connectivity index (χ3n) is 2.76. The number of fused-ring (bicyclic) bond motifs is 1. The van der Waals surface area contributed by atoms with Crippen molar-refractivity contribution in [2.45, 2.75) is 26.3 Å². The maximum absolute atomic E-state index is 13.0. The number of rotatable bonds is 5. The molecule has 1 aromatic carbocycles. The molecule has 0 spiro atoms. The largest absolute Gasteiger partial charge is 0.394 e. The van der Waals surface area contributed by atoms with Crippen LogP contribution in [0.1, 0.15) is 20.3 Å². The first-order valence-electron chi connectivity index (χ1n) is 6.11. The maximum atomic E-state index is 13.0. The van der Waals surface area contributed by atoms with Crippen molar-refractivity contribution < 1.29 is 9.50 Å². The number of aromatic amines is 1. The fourth-order valence-corrected chi connectivity index (χ4v) is 1.99. The second-order valence-corrected chi connectivity index (χ2v) is 4.90. The summed E-state index contributed by atoms with van der Waals surface area (Å²) in [4.78, 5) is 7.31. The summed E-state index contributed by atoms with van der Waals surface area (Å²) in [5.74, 6) is 0.755. The Morgan fingerprint density at radius 1 is 1.44 bits per heavy atom. The van der Waals surface area contributed by atoms with Crippen LogP contribution in [0.3, 0.4) is 0 Å². The molecular weight excluding hydrogens is 233 g/mol. The van der Waals surface area contributed by atoms with E-state index in [0.29, 0.717) is 22.9 Å². The fourth-order valence-electron chi connectivity index (χ4n) is 1.99. The van der Waals surface area contributed by atoms with Gasteiger partial charge in [0.2, 0.25) is 5.95 Å². The number of aliphatic hydroxyl groups excluding tert-OH is 1. The number of nitrogens with one attached hydrogen (secondary N) is 2. The van der Waals surface area contributed by atoms with Crippen LogP contribution in [-0.2, 0) is 0 Å². The molecule has 0 saturated carbocycles. The lowest BCUT2D eigenvalue weighted by Gasteiger charge is -2.17. The molecule has 0 aliphatic heterocycles. The summed E-state index contributed by atoms with van der Waals surface area (Å²) in [5, 5.41) is 12.4. The molecule has 3 N–H and O–H groups in total. The first-order valence-corrected chi connectivity index (χ1v) is 6.11. The maximum Gasteiger partial charge on any atom is 0.201 e. The molecule has 2 rings (SSSR count). The summed E-state index contributed by atoms with van der Waals surface area (Å²) in [5.41, 5.74) is 1.36. The quantitative estimate of drug-likeness (QED) is 0.765. The minimum absolute atomic E-state index is 0.0452. The molecule has 0 bridgehead atoms. The highest BCUT2D eigenvalue weighted by Gasteiger charge is 2.12. The van der Waals surface area contributed by atoms with Crippen LogP contribution in [0.4, 0.5) is 10.3 Å². The lowest BCUT2D eigenvalue weighted by atomic mass is 10.0. The third kappa shape index (κ3) is 2.98. The van der Waals surface area contributed by atoms with Gasteiger partial charge in [0.05, 0.1) is 23.7 Å². The van der Waals surface area contributed by atoms with Crippen molar-refractivity contribution in [3.8, 4) is 0 Å². The molecule has 1 unspecified atom stereocenters. The Labute approximate surface area is 105 Å². The summed E-state index contributed by atoms with van der Waals surface area (Å²) in [6, 6.07) is 4.37. The van der Waals surface area contributed by atoms with Crippen LogP contribution in [0, 0.1) is 11.7 Å². The number of nitrogens with zero attached hydrogens (tertiary/aromatic N) is 1. The molecule has 2 aromatic rings. The zero-order chi connectivity index (χ0) is 13.1. The molecule has 0 saturated heterocycles. The molecule has 1 atom stereocenters. The van der Waals surface area contributed by atoms with Gasteiger partial charge in [-0.3, -0.25) is 0 Å². The monoisotopic (exact) mass is 251 g/mol. The van der Waals surface area contributed by atoms with Gasteiger partial charge in [0.15, 0.2) is 0 Å². The van der Waals surface area contributed by atoms with Crippen LogP contribution in [0.15, 0.2) is 18.2 Å². The van der Waals surface area contributed by atoms with Gasteiger partial charge < -0.3 is 15.4 Å². The second-order valence-electron chi connectivity index (χ2n) is 4.90. The van der Waals surface area contributed by atoms with E-state index < -0.39 is 0 Å². The minimum atomic E-state index is -0.293. The molecule has 0 aliphatic carbocycles. The van der Waals surface area contributed by atoms with Gasteiger partial charge in [-0.2, -0.15) is 0 Å². The molecule has 1 aromatic heterocycles. The van der Waals surface area contributed by atoms with Crippen molar-refractivity contribution in [2.24, 2.45) is 5.92 Å². The van der Waals surface area contributed by atoms with Crippen LogP contribution in [-0.4, -0.2) is 27.7 Å². The molecule has 4 nitrogen and oxygen atoms in total. The van der Waals surface area contributed by atoms with Gasteiger partial charge in [0.1, 0.15) is 5.82 Å². The Morgan fingerprint density at radius 3 is 2.89 bits per heavy atom. The molecule has 0 amide bonds. The van der Waals surface area contributed by atoms with E-state index in [4.69, 9.17) is 0 Å². The standard InChI is InChI=1S/C13H18FN3O/c1-8(2)5-10(7-18)15-13-16-11-4-3-9(14)6-12(11)17-13/h3-4,6,8,10,18H,5,7H2,1-2H3,(H2,15,16,17). The minimum Gasteiger partial charge on any atom is -0.394 e. The fraction of sp³-hybridized carbons (Fsp3) is 0.462. The summed E-state index contributed by atoms with van der Waals surface area (Å²) in [6.07, 6.45) is 0.849. The van der Waals surface area contributed by atoms with E-state index in [-0.39, 0.29) is 18.5 Å². The average Bonchev–Trinajstić information content (AvgIpc) is 2.68. The molecule has 18 heavy (non-hydrogen) atoms. The second kappa shape index (κ2) is 5.35. The van der Waals surface area contributed by atoms with E-state index >= 15 is 0 Å². The van der Waals surface area contributed by atoms with Gasteiger partial charge in [-0.05, 0) is 30.5 Å². The van der Waals surface area contributed by atoms with E-state index in [9.17, 15) is 9.50 Å². The van der Waals surface area contributed by atoms with E-state index in [1.807, 2.05) is 0 Å². The lowest BCUT2D eigenvalue weighted by Crippen LogP contribution is -2.26. The Balaban J connectivity index is 2.15. The van der Waals surface area contributed by atoms with Gasteiger partial charge >= 0.3 is 0 Å². The van der Waals surface area contributed by atoms with Crippen LogP contribution < -0.4 is 5.32 Å². The van der Waals surface area contributed by atoms with Crippen LogP contribution >= 0.6 is 0 Å². The summed E-state index contributed by atoms with van der Waals surface area (Å²) in [7, 11) is 0. The topological polar surface area (TPSA) is 60.9 Å². The Hall–Kier alpha value is -1.62. The van der Waals surface area contributed by atoms with Crippen molar-refractivity contribution in [2.75, 3.05) is 11.9 Å². The Bertz CT molecular complexity index is 524. The van der Waals surface area contributed by atoms with E-state index in [2.05, 4.69) is 29.1 Å². The van der Waals surface area contributed by atoms with Crippen molar-refractivity contribution in [1.82, 2.24) is 9.97 Å². The number of imidazole rings is 1. The van der Waals surface area contributed by atoms with Crippen molar-refractivity contribution in [1.29, 1.82) is 0 Å². The van der Waals surface area contributed by atoms with Gasteiger partial charge in [-0.15, -0.1) is 0 Å². The number of halogens is 1. The van der Waals surface area contributed by atoms with Gasteiger partial charge in [-0.25, -0.2) is 9.37 Å². The predicted octanol–water partition coefficient (Wildman–Crippen LogP) is 2.52. The average molecular weight is 251 g/mol. The summed E-state index contributed by atoms with van der Waals surface area (Å²) < 4.78 is 13.0. The summed E-state index contributed by atoms with van der Waals surface area (Å²) in [6.45, 7) is 4.24. The van der Waals surface area contributed by atoms with Crippen LogP contribution in [0.25, 0.3) is 11.0 Å². The third-order valence-corrected chi connectivity index (χ3v) is 2.76. The SMILES string of the molecule is CC(C)CC(CO)Nc1nc2ccc(F)cc2[nH]1. The molecule has 5 heteroatoms. The molecule has 98 valence electrons. The smallest absolute Gasteiger partial charge is 0.201 e. The summed E-state index contributed by atoms with van der Waals surface area (Å²) >= 11 is 0. The van der Waals surface area contributed by atoms with E-state index in [0.717, 1.165) is 6.42 Å². The highest BCUT2D eigenvalue weighted by Crippen LogP contribution is 2.17. The highest BCUT2D eigenvalue weighted by molar-refractivity contribution is 5.77. The number of benzene rings is 1. The van der Waals surface area contributed by atoms with Crippen molar-refractivity contribution in [3.05, 3.63) is 24.0 Å². The van der Waals surface area contributed by atoms with Crippen molar-refractivity contribution >= 4 is 17.0 Å². The zero-order valence-electron chi connectivity index (χ0n) is 10.6. The number of aromatic nitrogens is 2. The van der Waals surface area contributed by atoms with Gasteiger partial charge in [0.25, 0.3) is 0 Å². The number of hydrogen-bond donors (Lipinski definition) is 3. The lowest BCUT2D eigenvalue weighted by molar-refractivity contribution is 0.259. The Kier molecular flexibility index (Phi) is 3.81. The molecule has 1 heterocycles. The van der Waals surface area contributed by atoms with Gasteiger partial charge in [-0.1, -0.05) is 13.8 Å². The molecule has 0 aliphatic rings. The predicted molar refractivity (Wildman–Crippen MR) is 70.0 cm³/mol. The first-order chi connectivity index (χ1) is 8.58. The number of H-pyrrole nitrogens is 1. The number of anilines is 1. The van der Waals surface area contributed by atoms with E-state index in [1.54, 1.807) is 6.07 Å². The normalized spacial score (nSPS) is 13.2. The molecule has 0 radical (unpaired) electrons. The number of aliphatic hydroxyl groups is 1. The Morgan fingerprint density at radius 2 is 2.22 bits per heavy atom. The van der Waals surface area contributed by atoms with Gasteiger partial charge in [0, 0.05) is 0 Å². The zero-order valence-corrected chi connectivity index (χ0v) is 10.6. The molecule has 0 fully saturated rings. The first kappa shape index (κ1) is 12.8. The van der Waals surface area contributed by atoms with Crippen molar-refractivity contribution in [3.63, 3.8) is 0 Å². The molecular formula is C13H18FN3O. The highest BCUT2D eigenvalue weighted by atomic mass is 19.1. The van der Waals surface area contributed by atoms with Crippen LogP contribution in [0.2, 0.25) is 0 Å². The number of hydrogen-bond acceptors (Lipinski definition) is 3. The van der Waals surface area contributed by atoms with E-state index in [1.165, 1.54) is 12.1 Å².